The molecule has 1 heterocycles. The number of methoxy groups -OCH3 is 1. The standard InChI is InChI=1S/C36H49N3O9/c1-23(2)21-30(38(5)35(44)29-13-10-20-39(29)34(43)24(3)40)33(42)37-32(36(45)47-22-27-11-8-7-9-12-27)25(4)48-31(41)19-16-26-14-17-28(46-6)18-15-26/h7-9,11-12,14-15,17-18,23-25,29-30,32,40H,10,13,16,19-22H2,1-6H3,(H,37,42)/t24-,25+,29-,30-,32-/m0/s1. The molecule has 0 radical (unpaired) electrons. The average molecular weight is 668 g/mol. The average Bonchev–Trinajstić information content (AvgIpc) is 3.57. The van der Waals surface area contributed by atoms with Gasteiger partial charge >= 0.3 is 11.9 Å². The Hall–Kier alpha value is -4.45. The smallest absolute Gasteiger partial charge is 0.332 e. The first kappa shape index (κ1) is 38.0. The second-order valence-corrected chi connectivity index (χ2v) is 12.6. The first-order chi connectivity index (χ1) is 22.8. The van der Waals surface area contributed by atoms with Crippen LogP contribution in [0.1, 0.15) is 64.5 Å². The highest BCUT2D eigenvalue weighted by Crippen LogP contribution is 2.23. The predicted molar refractivity (Wildman–Crippen MR) is 177 cm³/mol. The number of carbonyl (C=O) groups is 5. The molecule has 12 heteroatoms. The lowest BCUT2D eigenvalue weighted by Crippen LogP contribution is -2.58. The van der Waals surface area contributed by atoms with E-state index in [0.717, 1.165) is 11.1 Å². The van der Waals surface area contributed by atoms with E-state index in [1.165, 1.54) is 30.7 Å². The van der Waals surface area contributed by atoms with Crippen molar-refractivity contribution in [2.45, 2.75) is 96.7 Å². The number of rotatable bonds is 16. The summed E-state index contributed by atoms with van der Waals surface area (Å²) in [4.78, 5) is 69.2. The molecule has 0 aromatic heterocycles. The van der Waals surface area contributed by atoms with E-state index in [2.05, 4.69) is 5.32 Å². The van der Waals surface area contributed by atoms with Gasteiger partial charge in [0.1, 0.15) is 36.6 Å². The van der Waals surface area contributed by atoms with Crippen LogP contribution in [-0.4, -0.2) is 95.6 Å². The van der Waals surface area contributed by atoms with Gasteiger partial charge in [0.05, 0.1) is 7.11 Å². The summed E-state index contributed by atoms with van der Waals surface area (Å²) >= 11 is 0. The second-order valence-electron chi connectivity index (χ2n) is 12.6. The van der Waals surface area contributed by atoms with E-state index in [0.29, 0.717) is 31.6 Å². The number of likely N-dealkylation sites (tertiary alicyclic amines) is 1. The number of nitrogens with zero attached hydrogens (tertiary/aromatic N) is 2. The van der Waals surface area contributed by atoms with E-state index in [1.54, 1.807) is 43.5 Å². The molecule has 5 atom stereocenters. The van der Waals surface area contributed by atoms with E-state index >= 15 is 0 Å². The molecular weight excluding hydrogens is 618 g/mol. The zero-order chi connectivity index (χ0) is 35.4. The molecule has 48 heavy (non-hydrogen) atoms. The predicted octanol–water partition coefficient (Wildman–Crippen LogP) is 3.03. The Bertz CT molecular complexity index is 1380. The Balaban J connectivity index is 1.77. The van der Waals surface area contributed by atoms with Crippen molar-refractivity contribution < 1.29 is 43.3 Å². The number of ether oxygens (including phenoxy) is 3. The molecule has 3 amide bonds. The van der Waals surface area contributed by atoms with Crippen LogP contribution in [0.15, 0.2) is 54.6 Å². The molecule has 1 fully saturated rings. The molecule has 1 aliphatic rings. The summed E-state index contributed by atoms with van der Waals surface area (Å²) in [6.07, 6.45) is -0.698. The molecule has 3 rings (SSSR count). The summed E-state index contributed by atoms with van der Waals surface area (Å²) in [7, 11) is 3.06. The fourth-order valence-corrected chi connectivity index (χ4v) is 5.61. The minimum Gasteiger partial charge on any atom is -0.497 e. The van der Waals surface area contributed by atoms with Crippen LogP contribution in [0.25, 0.3) is 0 Å². The van der Waals surface area contributed by atoms with Gasteiger partial charge in [0, 0.05) is 20.0 Å². The van der Waals surface area contributed by atoms with E-state index in [-0.39, 0.29) is 25.4 Å². The van der Waals surface area contributed by atoms with Crippen LogP contribution in [0.5, 0.6) is 5.75 Å². The zero-order valence-corrected chi connectivity index (χ0v) is 28.7. The SMILES string of the molecule is COc1ccc(CCC(=O)O[C@H](C)[C@H](NC(=O)[C@H](CC(C)C)N(C)C(=O)[C@@H]2CCCN2C(=O)[C@H](C)O)C(=O)OCc2ccccc2)cc1. The quantitative estimate of drug-likeness (QED) is 0.258. The molecule has 0 unspecified atom stereocenters. The normalized spacial score (nSPS) is 16.8. The zero-order valence-electron chi connectivity index (χ0n) is 28.7. The lowest BCUT2D eigenvalue weighted by Gasteiger charge is -2.34. The Morgan fingerprint density at radius 2 is 1.65 bits per heavy atom. The van der Waals surface area contributed by atoms with Gasteiger partial charge in [-0.25, -0.2) is 4.79 Å². The number of likely N-dealkylation sites (N-methyl/N-ethyl adjacent to an activating group) is 1. The minimum atomic E-state index is -1.37. The van der Waals surface area contributed by atoms with Crippen LogP contribution in [-0.2, 0) is 46.5 Å². The summed E-state index contributed by atoms with van der Waals surface area (Å²) in [5.41, 5.74) is 1.63. The van der Waals surface area contributed by atoms with Gasteiger partial charge in [0.15, 0.2) is 6.04 Å². The number of aliphatic hydroxyl groups excluding tert-OH is 1. The number of benzene rings is 2. The minimum absolute atomic E-state index is 0.0218. The molecule has 0 spiro atoms. The monoisotopic (exact) mass is 667 g/mol. The van der Waals surface area contributed by atoms with Crippen molar-refractivity contribution in [3.05, 3.63) is 65.7 Å². The number of aryl methyl sites for hydroxylation is 1. The molecular formula is C36H49N3O9. The fourth-order valence-electron chi connectivity index (χ4n) is 5.61. The molecule has 2 aromatic rings. The summed E-state index contributed by atoms with van der Waals surface area (Å²) in [5.74, 6) is -2.32. The van der Waals surface area contributed by atoms with Crippen molar-refractivity contribution in [1.82, 2.24) is 15.1 Å². The van der Waals surface area contributed by atoms with E-state index < -0.39 is 60.0 Å². The number of hydrogen-bond donors (Lipinski definition) is 2. The molecule has 0 saturated carbocycles. The molecule has 0 bridgehead atoms. The Morgan fingerprint density at radius 3 is 2.25 bits per heavy atom. The van der Waals surface area contributed by atoms with Gasteiger partial charge in [-0.1, -0.05) is 56.3 Å². The molecule has 1 saturated heterocycles. The summed E-state index contributed by atoms with van der Waals surface area (Å²) in [6.45, 7) is 6.92. The highest BCUT2D eigenvalue weighted by Gasteiger charge is 2.41. The Labute approximate surface area is 282 Å². The number of amides is 3. The van der Waals surface area contributed by atoms with Crippen LogP contribution in [0.2, 0.25) is 0 Å². The lowest BCUT2D eigenvalue weighted by atomic mass is 10.00. The number of hydrogen-bond acceptors (Lipinski definition) is 9. The molecule has 2 N–H and O–H groups in total. The van der Waals surface area contributed by atoms with E-state index in [9.17, 15) is 29.1 Å². The highest BCUT2D eigenvalue weighted by atomic mass is 16.6. The lowest BCUT2D eigenvalue weighted by molar-refractivity contribution is -0.160. The number of aliphatic hydroxyl groups is 1. The second kappa shape index (κ2) is 18.2. The van der Waals surface area contributed by atoms with Gasteiger partial charge in [-0.2, -0.15) is 0 Å². The maximum Gasteiger partial charge on any atom is 0.332 e. The highest BCUT2D eigenvalue weighted by molar-refractivity contribution is 5.94. The Morgan fingerprint density at radius 1 is 0.979 bits per heavy atom. The van der Waals surface area contributed by atoms with Crippen LogP contribution >= 0.6 is 0 Å². The van der Waals surface area contributed by atoms with Crippen LogP contribution in [0.3, 0.4) is 0 Å². The van der Waals surface area contributed by atoms with Gasteiger partial charge in [-0.15, -0.1) is 0 Å². The van der Waals surface area contributed by atoms with E-state index in [4.69, 9.17) is 14.2 Å². The van der Waals surface area contributed by atoms with Gasteiger partial charge in [0.25, 0.3) is 5.91 Å². The van der Waals surface area contributed by atoms with Crippen molar-refractivity contribution in [1.29, 1.82) is 0 Å². The van der Waals surface area contributed by atoms with Gasteiger partial charge < -0.3 is 34.4 Å². The van der Waals surface area contributed by atoms with Crippen LogP contribution in [0.4, 0.5) is 0 Å². The van der Waals surface area contributed by atoms with Gasteiger partial charge in [-0.05, 0) is 68.7 Å². The maximum absolute atomic E-state index is 13.9. The van der Waals surface area contributed by atoms with Crippen molar-refractivity contribution in [3.8, 4) is 5.75 Å². The molecule has 12 nitrogen and oxygen atoms in total. The maximum atomic E-state index is 13.9. The largest absolute Gasteiger partial charge is 0.497 e. The third-order valence-corrected chi connectivity index (χ3v) is 8.33. The van der Waals surface area contributed by atoms with Crippen LogP contribution < -0.4 is 10.1 Å². The number of nitrogens with one attached hydrogen (secondary N) is 1. The number of esters is 2. The first-order valence-corrected chi connectivity index (χ1v) is 16.4. The summed E-state index contributed by atoms with van der Waals surface area (Å²) in [6, 6.07) is 13.1. The van der Waals surface area contributed by atoms with Crippen LogP contribution in [0, 0.1) is 5.92 Å². The first-order valence-electron chi connectivity index (χ1n) is 16.4. The third kappa shape index (κ3) is 10.8. The molecule has 262 valence electrons. The molecule has 0 aliphatic carbocycles. The Kier molecular flexibility index (Phi) is 14.4. The molecule has 2 aromatic carbocycles. The third-order valence-electron chi connectivity index (χ3n) is 8.33. The van der Waals surface area contributed by atoms with Crippen molar-refractivity contribution in [3.63, 3.8) is 0 Å². The van der Waals surface area contributed by atoms with Gasteiger partial charge in [-0.3, -0.25) is 19.2 Å². The summed E-state index contributed by atoms with van der Waals surface area (Å²) in [5, 5.41) is 12.6. The fraction of sp³-hybridized carbons (Fsp3) is 0.528. The topological polar surface area (TPSA) is 152 Å². The summed E-state index contributed by atoms with van der Waals surface area (Å²) < 4.78 is 16.4. The van der Waals surface area contributed by atoms with Crippen molar-refractivity contribution in [2.75, 3.05) is 20.7 Å². The van der Waals surface area contributed by atoms with Crippen molar-refractivity contribution in [2.24, 2.45) is 5.92 Å². The molecule has 1 aliphatic heterocycles. The van der Waals surface area contributed by atoms with Gasteiger partial charge in [0.2, 0.25) is 11.8 Å². The van der Waals surface area contributed by atoms with E-state index in [1.807, 2.05) is 32.0 Å². The number of carbonyl (C=O) groups excluding carboxylic acids is 5. The van der Waals surface area contributed by atoms with Crippen molar-refractivity contribution >= 4 is 29.7 Å².